The highest BCUT2D eigenvalue weighted by molar-refractivity contribution is 9.10. The Labute approximate surface area is 152 Å². The molecule has 1 fully saturated rings. The summed E-state index contributed by atoms with van der Waals surface area (Å²) in [5, 5.41) is 0. The van der Waals surface area contributed by atoms with E-state index >= 15 is 0 Å². The molecule has 3 aromatic rings. The number of ether oxygens (including phenoxy) is 1. The van der Waals surface area contributed by atoms with Gasteiger partial charge in [-0.1, -0.05) is 15.9 Å². The van der Waals surface area contributed by atoms with Crippen molar-refractivity contribution in [2.75, 3.05) is 6.61 Å². The molecule has 0 unspecified atom stereocenters. The predicted molar refractivity (Wildman–Crippen MR) is 97.1 cm³/mol. The van der Waals surface area contributed by atoms with E-state index in [1.54, 1.807) is 25.1 Å². The number of nitrogens with one attached hydrogen (secondary N) is 1. The van der Waals surface area contributed by atoms with Crippen molar-refractivity contribution in [3.63, 3.8) is 0 Å². The fourth-order valence-electron chi connectivity index (χ4n) is 2.99. The Hall–Kier alpha value is -2.21. The van der Waals surface area contributed by atoms with Gasteiger partial charge in [0.25, 0.3) is 0 Å². The van der Waals surface area contributed by atoms with Crippen molar-refractivity contribution >= 4 is 32.9 Å². The second-order valence-electron chi connectivity index (χ2n) is 6.17. The molecule has 0 saturated heterocycles. The zero-order valence-electron chi connectivity index (χ0n) is 13.6. The monoisotopic (exact) mass is 402 g/mol. The zero-order valence-corrected chi connectivity index (χ0v) is 15.2. The molecule has 1 aromatic heterocycles. The summed E-state index contributed by atoms with van der Waals surface area (Å²) in [5.41, 5.74) is 3.46. The van der Waals surface area contributed by atoms with Crippen molar-refractivity contribution in [1.29, 1.82) is 0 Å². The molecular weight excluding hydrogens is 387 g/mol. The summed E-state index contributed by atoms with van der Waals surface area (Å²) in [5.74, 6) is 0.162. The number of aromatic nitrogens is 2. The van der Waals surface area contributed by atoms with Gasteiger partial charge >= 0.3 is 5.97 Å². The minimum atomic E-state index is -0.355. The minimum Gasteiger partial charge on any atom is -0.462 e. The number of imidazole rings is 1. The van der Waals surface area contributed by atoms with Gasteiger partial charge in [-0.3, -0.25) is 0 Å². The molecule has 128 valence electrons. The van der Waals surface area contributed by atoms with Crippen molar-refractivity contribution in [3.8, 4) is 11.4 Å². The second kappa shape index (κ2) is 6.26. The van der Waals surface area contributed by atoms with Crippen LogP contribution in [0.3, 0.4) is 0 Å². The van der Waals surface area contributed by atoms with Crippen LogP contribution < -0.4 is 0 Å². The van der Waals surface area contributed by atoms with E-state index in [1.807, 2.05) is 6.07 Å². The van der Waals surface area contributed by atoms with E-state index < -0.39 is 0 Å². The number of nitrogens with zero attached hydrogens (tertiary/aromatic N) is 1. The highest BCUT2D eigenvalue weighted by atomic mass is 79.9. The van der Waals surface area contributed by atoms with Gasteiger partial charge in [0.1, 0.15) is 11.6 Å². The molecule has 2 aromatic carbocycles. The molecule has 0 amide bonds. The maximum absolute atomic E-state index is 14.3. The summed E-state index contributed by atoms with van der Waals surface area (Å²) in [6.07, 6.45) is 2.16. The molecule has 1 aliphatic carbocycles. The molecule has 0 aliphatic heterocycles. The number of halogens is 2. The van der Waals surface area contributed by atoms with E-state index in [-0.39, 0.29) is 11.8 Å². The largest absolute Gasteiger partial charge is 0.462 e. The summed E-state index contributed by atoms with van der Waals surface area (Å²) in [7, 11) is 0. The van der Waals surface area contributed by atoms with E-state index in [0.717, 1.165) is 29.4 Å². The molecule has 1 heterocycles. The molecule has 1 saturated carbocycles. The lowest BCUT2D eigenvalue weighted by atomic mass is 10.0. The van der Waals surface area contributed by atoms with Gasteiger partial charge in [-0.05, 0) is 61.6 Å². The van der Waals surface area contributed by atoms with Crippen LogP contribution in [0.25, 0.3) is 22.4 Å². The molecule has 25 heavy (non-hydrogen) atoms. The molecular formula is C19H16BrFN2O2. The van der Waals surface area contributed by atoms with E-state index in [0.29, 0.717) is 33.9 Å². The summed E-state index contributed by atoms with van der Waals surface area (Å²) in [6.45, 7) is 2.11. The van der Waals surface area contributed by atoms with E-state index in [9.17, 15) is 9.18 Å². The number of rotatable bonds is 4. The second-order valence-corrected chi connectivity index (χ2v) is 7.08. The third kappa shape index (κ3) is 3.06. The zero-order chi connectivity index (χ0) is 17.6. The number of aromatic amines is 1. The van der Waals surface area contributed by atoms with Gasteiger partial charge in [0.2, 0.25) is 0 Å². The molecule has 0 bridgehead atoms. The van der Waals surface area contributed by atoms with Crippen molar-refractivity contribution in [3.05, 3.63) is 51.7 Å². The fourth-order valence-corrected chi connectivity index (χ4v) is 3.32. The average Bonchev–Trinajstić information content (AvgIpc) is 3.33. The fraction of sp³-hybridized carbons (Fsp3) is 0.263. The SMILES string of the molecule is CCOC(=O)c1cc(C2CC2)c2nc(-c3ccc(Br)cc3F)[nH]c2c1. The van der Waals surface area contributed by atoms with Crippen LogP contribution in [0.15, 0.2) is 34.8 Å². The normalized spacial score (nSPS) is 14.0. The number of fused-ring (bicyclic) bond motifs is 1. The number of hydrogen-bond acceptors (Lipinski definition) is 3. The predicted octanol–water partition coefficient (Wildman–Crippen LogP) is 5.19. The molecule has 4 nitrogen and oxygen atoms in total. The summed E-state index contributed by atoms with van der Waals surface area (Å²) in [4.78, 5) is 19.9. The van der Waals surface area contributed by atoms with Crippen LogP contribution in [0.4, 0.5) is 4.39 Å². The maximum atomic E-state index is 14.3. The quantitative estimate of drug-likeness (QED) is 0.611. The number of hydrogen-bond donors (Lipinski definition) is 1. The smallest absolute Gasteiger partial charge is 0.338 e. The highest BCUT2D eigenvalue weighted by Crippen LogP contribution is 2.43. The first-order valence-corrected chi connectivity index (χ1v) is 9.02. The van der Waals surface area contributed by atoms with Crippen molar-refractivity contribution in [1.82, 2.24) is 9.97 Å². The Morgan fingerprint density at radius 1 is 1.36 bits per heavy atom. The van der Waals surface area contributed by atoms with Crippen LogP contribution in [0.2, 0.25) is 0 Å². The highest BCUT2D eigenvalue weighted by Gasteiger charge is 2.28. The van der Waals surface area contributed by atoms with E-state index in [2.05, 4.69) is 25.9 Å². The average molecular weight is 403 g/mol. The first-order chi connectivity index (χ1) is 12.1. The lowest BCUT2D eigenvalue weighted by Crippen LogP contribution is -2.05. The number of carbonyl (C=O) groups is 1. The van der Waals surface area contributed by atoms with Crippen molar-refractivity contribution < 1.29 is 13.9 Å². The minimum absolute atomic E-state index is 0.327. The lowest BCUT2D eigenvalue weighted by Gasteiger charge is -2.05. The van der Waals surface area contributed by atoms with Crippen LogP contribution in [0.1, 0.15) is 41.6 Å². The molecule has 0 spiro atoms. The number of esters is 1. The number of benzene rings is 2. The van der Waals surface area contributed by atoms with E-state index in [4.69, 9.17) is 4.74 Å². The van der Waals surface area contributed by atoms with Crippen LogP contribution in [0.5, 0.6) is 0 Å². The van der Waals surface area contributed by atoms with Gasteiger partial charge in [0.05, 0.1) is 28.8 Å². The molecule has 6 heteroatoms. The third-order valence-corrected chi connectivity index (χ3v) is 4.82. The van der Waals surface area contributed by atoms with Crippen molar-refractivity contribution in [2.24, 2.45) is 0 Å². The molecule has 0 atom stereocenters. The van der Waals surface area contributed by atoms with Gasteiger partial charge in [-0.15, -0.1) is 0 Å². The first-order valence-electron chi connectivity index (χ1n) is 8.23. The standard InChI is InChI=1S/C19H16BrFN2O2/c1-2-25-19(24)11-7-14(10-3-4-10)17-16(8-11)22-18(23-17)13-6-5-12(20)9-15(13)21/h5-10H,2-4H2,1H3,(H,22,23). The Bertz CT molecular complexity index is 979. The van der Waals surface area contributed by atoms with E-state index in [1.165, 1.54) is 6.07 Å². The number of carbonyl (C=O) groups excluding carboxylic acids is 1. The Morgan fingerprint density at radius 3 is 2.84 bits per heavy atom. The summed E-state index contributed by atoms with van der Waals surface area (Å²) in [6, 6.07) is 8.46. The van der Waals surface area contributed by atoms with Gasteiger partial charge in [0, 0.05) is 4.47 Å². The molecule has 1 aliphatic rings. The summed E-state index contributed by atoms with van der Waals surface area (Å²) < 4.78 is 20.1. The van der Waals surface area contributed by atoms with Gasteiger partial charge < -0.3 is 9.72 Å². The lowest BCUT2D eigenvalue weighted by molar-refractivity contribution is 0.0526. The Kier molecular flexibility index (Phi) is 4.07. The van der Waals surface area contributed by atoms with Crippen LogP contribution in [0, 0.1) is 5.82 Å². The van der Waals surface area contributed by atoms with Gasteiger partial charge in [-0.2, -0.15) is 0 Å². The topological polar surface area (TPSA) is 55.0 Å². The Balaban J connectivity index is 1.86. The van der Waals surface area contributed by atoms with Crippen molar-refractivity contribution in [2.45, 2.75) is 25.7 Å². The summed E-state index contributed by atoms with van der Waals surface area (Å²) >= 11 is 3.26. The molecule has 0 radical (unpaired) electrons. The first kappa shape index (κ1) is 16.3. The molecule has 1 N–H and O–H groups in total. The van der Waals surface area contributed by atoms with Gasteiger partial charge in [0.15, 0.2) is 0 Å². The van der Waals surface area contributed by atoms with Crippen LogP contribution >= 0.6 is 15.9 Å². The Morgan fingerprint density at radius 2 is 2.16 bits per heavy atom. The van der Waals surface area contributed by atoms with Gasteiger partial charge in [-0.25, -0.2) is 14.2 Å². The molecule has 4 rings (SSSR count). The third-order valence-electron chi connectivity index (χ3n) is 4.33. The van der Waals surface area contributed by atoms with Crippen LogP contribution in [-0.2, 0) is 4.74 Å². The van der Waals surface area contributed by atoms with Crippen LogP contribution in [-0.4, -0.2) is 22.5 Å². The maximum Gasteiger partial charge on any atom is 0.338 e. The number of H-pyrrole nitrogens is 1.